The van der Waals surface area contributed by atoms with Crippen molar-refractivity contribution in [3.05, 3.63) is 24.0 Å². The minimum atomic E-state index is -1.35. The Kier molecular flexibility index (Phi) is 6.39. The molecule has 172 valence electrons. The first-order valence-electron chi connectivity index (χ1n) is 10.9. The van der Waals surface area contributed by atoms with Crippen LogP contribution in [0.1, 0.15) is 48.5 Å². The Balaban J connectivity index is 1.80. The summed E-state index contributed by atoms with van der Waals surface area (Å²) in [6.07, 6.45) is -1.12. The van der Waals surface area contributed by atoms with Crippen molar-refractivity contribution in [1.82, 2.24) is 0 Å². The van der Waals surface area contributed by atoms with Gasteiger partial charge in [-0.1, -0.05) is 26.8 Å². The van der Waals surface area contributed by atoms with Crippen molar-refractivity contribution in [2.24, 2.45) is 5.41 Å². The fourth-order valence-corrected chi connectivity index (χ4v) is 5.01. The Hall–Kier alpha value is -1.42. The average molecular weight is 451 g/mol. The molecule has 1 amide bonds. The van der Waals surface area contributed by atoms with Crippen molar-refractivity contribution >= 4 is 33.4 Å². The summed E-state index contributed by atoms with van der Waals surface area (Å²) in [6, 6.07) is 4.66. The number of cyclic esters (lactones) is 1. The van der Waals surface area contributed by atoms with Crippen LogP contribution in [-0.2, 0) is 18.5 Å². The minimum Gasteiger partial charge on any atom is -0.441 e. The fourth-order valence-electron chi connectivity index (χ4n) is 3.84. The molecule has 2 aliphatic heterocycles. The Labute approximate surface area is 187 Å². The molecule has 2 aliphatic rings. The molecule has 31 heavy (non-hydrogen) atoms. The minimum absolute atomic E-state index is 0.190. The molecule has 2 heterocycles. The molecule has 0 saturated carbocycles. The van der Waals surface area contributed by atoms with E-state index in [1.54, 1.807) is 12.1 Å². The number of rotatable bonds is 5. The molecule has 2 atom stereocenters. The lowest BCUT2D eigenvalue weighted by Gasteiger charge is -2.35. The van der Waals surface area contributed by atoms with Gasteiger partial charge in [-0.2, -0.15) is 0 Å². The van der Waals surface area contributed by atoms with Crippen LogP contribution in [-0.4, -0.2) is 52.2 Å². The highest BCUT2D eigenvalue weighted by molar-refractivity contribution is 6.62. The monoisotopic (exact) mass is 451 g/mol. The van der Waals surface area contributed by atoms with E-state index < -0.39 is 45.4 Å². The predicted molar refractivity (Wildman–Crippen MR) is 123 cm³/mol. The first-order valence-corrected chi connectivity index (χ1v) is 13.7. The number of hydrogen-bond donors (Lipinski definition) is 0. The second kappa shape index (κ2) is 8.17. The second-order valence-electron chi connectivity index (χ2n) is 10.8. The van der Waals surface area contributed by atoms with Gasteiger partial charge in [-0.3, -0.25) is 4.90 Å². The lowest BCUT2D eigenvalue weighted by molar-refractivity contribution is -0.0143. The van der Waals surface area contributed by atoms with Crippen LogP contribution < -0.4 is 10.4 Å². The summed E-state index contributed by atoms with van der Waals surface area (Å²) in [5.41, 5.74) is -0.551. The number of amides is 1. The first-order chi connectivity index (χ1) is 14.1. The Morgan fingerprint density at radius 2 is 1.77 bits per heavy atom. The Morgan fingerprint density at radius 3 is 2.26 bits per heavy atom. The third kappa shape index (κ3) is 4.84. The van der Waals surface area contributed by atoms with Crippen LogP contribution in [0.2, 0.25) is 13.1 Å². The summed E-state index contributed by atoms with van der Waals surface area (Å²) in [6.45, 7) is 18.4. The van der Waals surface area contributed by atoms with E-state index >= 15 is 4.39 Å². The summed E-state index contributed by atoms with van der Waals surface area (Å²) < 4.78 is 38.8. The van der Waals surface area contributed by atoms with E-state index in [9.17, 15) is 4.79 Å². The van der Waals surface area contributed by atoms with Crippen molar-refractivity contribution in [3.8, 4) is 0 Å². The molecule has 9 heteroatoms. The zero-order chi connectivity index (χ0) is 23.4. The highest BCUT2D eigenvalue weighted by Gasteiger charge is 2.52. The molecule has 0 aromatic heterocycles. The lowest BCUT2D eigenvalue weighted by Crippen LogP contribution is -2.44. The molecule has 2 saturated heterocycles. The van der Waals surface area contributed by atoms with E-state index in [0.29, 0.717) is 17.7 Å². The predicted octanol–water partition coefficient (Wildman–Crippen LogP) is 3.86. The van der Waals surface area contributed by atoms with Crippen LogP contribution in [0.3, 0.4) is 0 Å². The van der Waals surface area contributed by atoms with Gasteiger partial charge in [0.05, 0.1) is 29.5 Å². The van der Waals surface area contributed by atoms with Gasteiger partial charge >= 0.3 is 13.2 Å². The molecule has 0 spiro atoms. The number of ether oxygens (including phenoxy) is 1. The number of nitrogens with zero attached hydrogens (tertiary/aromatic N) is 1. The maximum Gasteiger partial charge on any atom is 0.497 e. The molecule has 0 bridgehead atoms. The van der Waals surface area contributed by atoms with Gasteiger partial charge in [0.1, 0.15) is 11.9 Å². The molecule has 2 fully saturated rings. The van der Waals surface area contributed by atoms with Crippen molar-refractivity contribution in [1.29, 1.82) is 0 Å². The lowest BCUT2D eigenvalue weighted by atomic mass is 9.78. The topological polar surface area (TPSA) is 57.2 Å². The molecule has 0 N–H and O–H groups in total. The molecular weight excluding hydrogens is 416 g/mol. The summed E-state index contributed by atoms with van der Waals surface area (Å²) in [7, 11) is -2.15. The van der Waals surface area contributed by atoms with Crippen LogP contribution in [0.25, 0.3) is 0 Å². The van der Waals surface area contributed by atoms with Crippen LogP contribution in [0.4, 0.5) is 14.9 Å². The van der Waals surface area contributed by atoms with Crippen LogP contribution in [0.15, 0.2) is 18.2 Å². The largest absolute Gasteiger partial charge is 0.497 e. The Morgan fingerprint density at radius 1 is 1.19 bits per heavy atom. The van der Waals surface area contributed by atoms with Gasteiger partial charge in [0.25, 0.3) is 0 Å². The molecule has 1 aromatic rings. The van der Waals surface area contributed by atoms with Crippen LogP contribution >= 0.6 is 0 Å². The maximum absolute atomic E-state index is 15.0. The number of anilines is 1. The highest BCUT2D eigenvalue weighted by atomic mass is 28.3. The van der Waals surface area contributed by atoms with Crippen molar-refractivity contribution < 1.29 is 27.7 Å². The molecule has 6 nitrogen and oxygen atoms in total. The van der Waals surface area contributed by atoms with Gasteiger partial charge in [0, 0.05) is 5.46 Å². The number of benzene rings is 1. The maximum atomic E-state index is 15.0. The van der Waals surface area contributed by atoms with Crippen LogP contribution in [0.5, 0.6) is 0 Å². The average Bonchev–Trinajstić information content (AvgIpc) is 3.07. The van der Waals surface area contributed by atoms with E-state index in [4.69, 9.17) is 18.5 Å². The smallest absolute Gasteiger partial charge is 0.441 e. The van der Waals surface area contributed by atoms with E-state index in [-0.39, 0.29) is 11.5 Å². The Bertz CT molecular complexity index is 826. The van der Waals surface area contributed by atoms with E-state index in [1.807, 2.05) is 27.7 Å². The molecule has 0 aliphatic carbocycles. The van der Waals surface area contributed by atoms with Gasteiger partial charge in [0.2, 0.25) is 0 Å². The van der Waals surface area contributed by atoms with E-state index in [1.165, 1.54) is 11.0 Å². The van der Waals surface area contributed by atoms with Crippen LogP contribution in [0, 0.1) is 11.2 Å². The molecule has 3 rings (SSSR count). The first kappa shape index (κ1) is 24.2. The highest BCUT2D eigenvalue weighted by Crippen LogP contribution is 2.37. The van der Waals surface area contributed by atoms with Crippen molar-refractivity contribution in [2.75, 3.05) is 11.4 Å². The van der Waals surface area contributed by atoms with Gasteiger partial charge in [-0.15, -0.1) is 0 Å². The third-order valence-electron chi connectivity index (χ3n) is 6.25. The second-order valence-corrected chi connectivity index (χ2v) is 13.2. The number of carbonyl (C=O) groups is 1. The zero-order valence-electron chi connectivity index (χ0n) is 20.1. The van der Waals surface area contributed by atoms with Gasteiger partial charge in [-0.05, 0) is 58.3 Å². The molecule has 1 aromatic carbocycles. The van der Waals surface area contributed by atoms with Crippen molar-refractivity contribution in [3.63, 3.8) is 0 Å². The SMILES string of the molecule is C[SiH](C)O[C@@H](C1CN(c2ccc(B3OC(C)(C)C(C)(C)O3)c(F)c2)C(=O)O1)C(C)(C)C. The van der Waals surface area contributed by atoms with E-state index in [2.05, 4.69) is 33.9 Å². The standard InChI is InChI=1S/C22H35BFNO5Si/c1-20(2,3)18(28-31(8)9)17-13-25(19(26)27-17)14-10-11-15(16(24)12-14)23-29-21(4,5)22(6,7)30-23/h10-12,17-18,31H,13H2,1-9H3/t17?,18-/m0/s1. The van der Waals surface area contributed by atoms with Gasteiger partial charge in [0.15, 0.2) is 9.04 Å². The number of hydrogen-bond acceptors (Lipinski definition) is 5. The van der Waals surface area contributed by atoms with Gasteiger partial charge in [-0.25, -0.2) is 9.18 Å². The van der Waals surface area contributed by atoms with Crippen molar-refractivity contribution in [2.45, 2.75) is 85.0 Å². The van der Waals surface area contributed by atoms with E-state index in [0.717, 1.165) is 0 Å². The quantitative estimate of drug-likeness (QED) is 0.637. The molecule has 1 unspecified atom stereocenters. The number of carbonyl (C=O) groups excluding carboxylic acids is 1. The summed E-state index contributed by atoms with van der Waals surface area (Å²) >= 11 is 0. The summed E-state index contributed by atoms with van der Waals surface area (Å²) in [5.74, 6) is -0.481. The molecular formula is C22H35BFNO5Si. The fraction of sp³-hybridized carbons (Fsp3) is 0.682. The van der Waals surface area contributed by atoms with Gasteiger partial charge < -0.3 is 18.5 Å². The zero-order valence-corrected chi connectivity index (χ0v) is 21.3. The number of halogens is 1. The summed E-state index contributed by atoms with van der Waals surface area (Å²) in [5, 5.41) is 0. The summed E-state index contributed by atoms with van der Waals surface area (Å²) in [4.78, 5) is 14.1. The molecule has 0 radical (unpaired) electrons. The third-order valence-corrected chi connectivity index (χ3v) is 7.09. The normalized spacial score (nSPS) is 24.1.